The number of carbonyl (C=O) groups is 3. The van der Waals surface area contributed by atoms with Crippen molar-refractivity contribution in [2.45, 2.75) is 37.9 Å². The number of ether oxygens (including phenoxy) is 1. The molecule has 0 radical (unpaired) electrons. The lowest BCUT2D eigenvalue weighted by molar-refractivity contribution is -0.138. The Hall–Kier alpha value is -3.84. The monoisotopic (exact) mass is 526 g/mol. The van der Waals surface area contributed by atoms with E-state index in [1.165, 1.54) is 4.90 Å². The summed E-state index contributed by atoms with van der Waals surface area (Å²) < 4.78 is 20.3. The minimum atomic E-state index is -1.21. The van der Waals surface area contributed by atoms with Crippen LogP contribution in [0, 0.1) is 5.82 Å². The van der Waals surface area contributed by atoms with E-state index in [1.807, 2.05) is 4.90 Å². The van der Waals surface area contributed by atoms with Crippen LogP contribution in [0.3, 0.4) is 0 Å². The number of anilines is 1. The Balaban J connectivity index is 1.40. The van der Waals surface area contributed by atoms with Gasteiger partial charge in [0, 0.05) is 56.0 Å². The predicted octanol–water partition coefficient (Wildman–Crippen LogP) is 0.109. The molecular weight excluding hydrogens is 498 g/mol. The van der Waals surface area contributed by atoms with Gasteiger partial charge in [0.1, 0.15) is 13.6 Å². The first-order valence-corrected chi connectivity index (χ1v) is 12.4. The molecule has 38 heavy (non-hydrogen) atoms. The van der Waals surface area contributed by atoms with E-state index < -0.39 is 34.4 Å². The van der Waals surface area contributed by atoms with E-state index in [4.69, 9.17) is 4.74 Å². The summed E-state index contributed by atoms with van der Waals surface area (Å²) in [6.07, 6.45) is 0.307. The average molecular weight is 526 g/mol. The average Bonchev–Trinajstić information content (AvgIpc) is 3.26. The number of hydrogen-bond donors (Lipinski definition) is 5. The second-order valence-corrected chi connectivity index (χ2v) is 9.93. The Morgan fingerprint density at radius 2 is 1.82 bits per heavy atom. The lowest BCUT2D eigenvalue weighted by atomic mass is 9.70. The van der Waals surface area contributed by atoms with Crippen molar-refractivity contribution >= 4 is 31.3 Å². The van der Waals surface area contributed by atoms with Gasteiger partial charge in [-0.15, -0.1) is 0 Å². The first-order valence-electron chi connectivity index (χ1n) is 12.4. The molecule has 3 amide bonds. The van der Waals surface area contributed by atoms with Crippen molar-refractivity contribution in [2.75, 3.05) is 31.6 Å². The van der Waals surface area contributed by atoms with Gasteiger partial charge in [0.05, 0.1) is 29.8 Å². The van der Waals surface area contributed by atoms with Gasteiger partial charge in [-0.05, 0) is 18.6 Å². The number of nitrogens with one attached hydrogen (secondary N) is 2. The van der Waals surface area contributed by atoms with Gasteiger partial charge in [0.2, 0.25) is 11.8 Å². The van der Waals surface area contributed by atoms with Crippen LogP contribution in [0.2, 0.25) is 0 Å². The Kier molecular flexibility index (Phi) is 6.65. The highest BCUT2D eigenvalue weighted by atomic mass is 19.1. The maximum absolute atomic E-state index is 15.0. The number of piperidine rings is 1. The van der Waals surface area contributed by atoms with Crippen molar-refractivity contribution in [3.05, 3.63) is 46.3 Å². The summed E-state index contributed by atoms with van der Waals surface area (Å²) in [6, 6.07) is 4.96. The minimum absolute atomic E-state index is 0.00743. The van der Waals surface area contributed by atoms with Crippen LogP contribution >= 0.6 is 0 Å². The van der Waals surface area contributed by atoms with Gasteiger partial charge in [-0.1, -0.05) is 6.07 Å². The van der Waals surface area contributed by atoms with Crippen molar-refractivity contribution in [3.8, 4) is 17.2 Å². The number of nitrogens with zero attached hydrogens (tertiary/aromatic N) is 2. The van der Waals surface area contributed by atoms with E-state index >= 15 is 0 Å². The molecule has 0 aliphatic carbocycles. The number of fused-ring (bicyclic) bond motifs is 1. The van der Waals surface area contributed by atoms with Gasteiger partial charge in [0.15, 0.2) is 17.3 Å². The van der Waals surface area contributed by atoms with Gasteiger partial charge >= 0.3 is 0 Å². The molecule has 2 saturated heterocycles. The first kappa shape index (κ1) is 25.8. The van der Waals surface area contributed by atoms with Crippen LogP contribution in [0.5, 0.6) is 17.2 Å². The summed E-state index contributed by atoms with van der Waals surface area (Å²) in [7, 11) is 1.62. The Labute approximate surface area is 218 Å². The molecule has 2 aromatic carbocycles. The Morgan fingerprint density at radius 1 is 1.08 bits per heavy atom. The van der Waals surface area contributed by atoms with Gasteiger partial charge in [0.25, 0.3) is 5.91 Å². The lowest BCUT2D eigenvalue weighted by Gasteiger charge is -2.40. The smallest absolute Gasteiger partial charge is 0.254 e. The van der Waals surface area contributed by atoms with Crippen molar-refractivity contribution in [3.63, 3.8) is 0 Å². The number of amides is 3. The van der Waals surface area contributed by atoms with E-state index in [0.29, 0.717) is 43.1 Å². The van der Waals surface area contributed by atoms with Crippen molar-refractivity contribution in [2.24, 2.45) is 0 Å². The number of halogens is 1. The van der Waals surface area contributed by atoms with E-state index in [0.717, 1.165) is 0 Å². The molecule has 0 spiro atoms. The van der Waals surface area contributed by atoms with Crippen LogP contribution in [0.15, 0.2) is 18.2 Å². The molecule has 1 unspecified atom stereocenters. The molecule has 1 atom stereocenters. The zero-order chi connectivity index (χ0) is 27.2. The predicted molar refractivity (Wildman–Crippen MR) is 135 cm³/mol. The van der Waals surface area contributed by atoms with Crippen LogP contribution < -0.4 is 10.6 Å². The highest BCUT2D eigenvalue weighted by Gasteiger charge is 2.48. The van der Waals surface area contributed by atoms with Crippen LogP contribution in [0.1, 0.15) is 39.9 Å². The van der Waals surface area contributed by atoms with Gasteiger partial charge in [-0.3, -0.25) is 24.6 Å². The van der Waals surface area contributed by atoms with Crippen LogP contribution in [-0.4, -0.2) is 82.4 Å². The minimum Gasteiger partial charge on any atom is -0.507 e. The maximum Gasteiger partial charge on any atom is 0.254 e. The summed E-state index contributed by atoms with van der Waals surface area (Å²) >= 11 is 0. The number of carbonyl (C=O) groups excluding carboxylic acids is 3. The molecule has 0 saturated carbocycles. The van der Waals surface area contributed by atoms with Crippen LogP contribution in [0.25, 0.3) is 0 Å². The van der Waals surface area contributed by atoms with E-state index in [-0.39, 0.29) is 55.4 Å². The van der Waals surface area contributed by atoms with Crippen molar-refractivity contribution in [1.82, 2.24) is 15.1 Å². The quantitative estimate of drug-likeness (QED) is 0.153. The highest BCUT2D eigenvalue weighted by molar-refractivity contribution is 6.32. The SMILES string of the molecule is BC1(N2Cc3c(NCc4c(O)c(CN5CCOCC5)c(O)c(O)c4F)cccc3C2=O)CCC(=O)NC1=O. The Bertz CT molecular complexity index is 1330. The normalized spacial score (nSPS) is 21.9. The molecule has 2 aromatic rings. The van der Waals surface area contributed by atoms with Gasteiger partial charge in [-0.2, -0.15) is 0 Å². The molecule has 3 heterocycles. The number of imide groups is 1. The maximum atomic E-state index is 15.0. The number of phenolic OH excluding ortho intramolecular Hbond substituents is 3. The van der Waals surface area contributed by atoms with E-state index in [9.17, 15) is 34.1 Å². The molecule has 5 rings (SSSR count). The summed E-state index contributed by atoms with van der Waals surface area (Å²) in [4.78, 5) is 40.9. The number of benzene rings is 2. The number of rotatable bonds is 6. The molecule has 2 fully saturated rings. The largest absolute Gasteiger partial charge is 0.507 e. The third kappa shape index (κ3) is 4.31. The fourth-order valence-electron chi connectivity index (χ4n) is 5.21. The Morgan fingerprint density at radius 3 is 2.53 bits per heavy atom. The molecular formula is C25H28BFN4O7. The third-order valence-electron chi connectivity index (χ3n) is 7.64. The number of morpholine rings is 1. The van der Waals surface area contributed by atoms with Crippen molar-refractivity contribution in [1.29, 1.82) is 0 Å². The molecule has 13 heteroatoms. The van der Waals surface area contributed by atoms with Gasteiger partial charge in [-0.25, -0.2) is 4.39 Å². The second-order valence-electron chi connectivity index (χ2n) is 9.93. The zero-order valence-electron chi connectivity index (χ0n) is 20.8. The summed E-state index contributed by atoms with van der Waals surface area (Å²) in [5.41, 5.74) is -0.00196. The van der Waals surface area contributed by atoms with Crippen LogP contribution in [-0.2, 0) is 34.0 Å². The third-order valence-corrected chi connectivity index (χ3v) is 7.64. The second kappa shape index (κ2) is 9.80. The van der Waals surface area contributed by atoms with Gasteiger partial charge < -0.3 is 30.3 Å². The first-order chi connectivity index (χ1) is 18.1. The number of phenols is 3. The molecule has 5 N–H and O–H groups in total. The molecule has 0 bridgehead atoms. The fourth-order valence-corrected chi connectivity index (χ4v) is 5.21. The lowest BCUT2D eigenvalue weighted by Crippen LogP contribution is -2.63. The standard InChI is InChI=1S/C25H28BFN4O7/c26-25(5-4-18(32)29-24(25)37)31-12-15-13(23(31)36)2-1-3-17(15)28-10-14-19(27)22(35)21(34)16(20(14)33)11-30-6-8-38-9-7-30/h1-3,28,33-35H,4-12,26H2,(H,29,32,37). The number of hydrogen-bond acceptors (Lipinski definition) is 9. The van der Waals surface area contributed by atoms with Crippen LogP contribution in [0.4, 0.5) is 10.1 Å². The molecule has 11 nitrogen and oxygen atoms in total. The molecule has 200 valence electrons. The number of aromatic hydroxyl groups is 3. The van der Waals surface area contributed by atoms with E-state index in [2.05, 4.69) is 10.6 Å². The van der Waals surface area contributed by atoms with Crippen molar-refractivity contribution < 1.29 is 38.8 Å². The highest BCUT2D eigenvalue weighted by Crippen LogP contribution is 2.43. The molecule has 0 aromatic heterocycles. The summed E-state index contributed by atoms with van der Waals surface area (Å²) in [5.74, 6) is -4.57. The fraction of sp³-hybridized carbons (Fsp3) is 0.400. The molecule has 3 aliphatic heterocycles. The summed E-state index contributed by atoms with van der Waals surface area (Å²) in [6.45, 7) is 2.00. The molecule has 3 aliphatic rings. The topological polar surface area (TPSA) is 152 Å². The van der Waals surface area contributed by atoms with E-state index in [1.54, 1.807) is 26.0 Å². The zero-order valence-corrected chi connectivity index (χ0v) is 20.8. The summed E-state index contributed by atoms with van der Waals surface area (Å²) in [5, 5.41) is 36.8.